The van der Waals surface area contributed by atoms with Crippen LogP contribution in [0.4, 0.5) is 13.2 Å². The Morgan fingerprint density at radius 2 is 1.90 bits per heavy atom. The number of nitrogens with two attached hydrogens (primary N) is 1. The number of guanidine groups is 1. The minimum atomic E-state index is -4.35. The normalized spacial score (nSPS) is 16.7. The average Bonchev–Trinajstić information content (AvgIpc) is 3.22. The molecular formula is C20H26F3IN4OS. The Bertz CT molecular complexity index is 778. The monoisotopic (exact) mass is 554 g/mol. The van der Waals surface area contributed by atoms with E-state index in [0.717, 1.165) is 24.1 Å². The predicted octanol–water partition coefficient (Wildman–Crippen LogP) is 3.91. The van der Waals surface area contributed by atoms with E-state index in [4.69, 9.17) is 10.5 Å². The molecule has 10 heteroatoms. The zero-order chi connectivity index (χ0) is 20.7. The molecule has 1 aromatic carbocycles. The van der Waals surface area contributed by atoms with E-state index in [-0.39, 0.29) is 30.0 Å². The Hall–Kier alpha value is -1.37. The fourth-order valence-corrected chi connectivity index (χ4v) is 3.93. The van der Waals surface area contributed by atoms with Crippen molar-refractivity contribution in [2.24, 2.45) is 10.7 Å². The van der Waals surface area contributed by atoms with Gasteiger partial charge in [0.05, 0.1) is 31.4 Å². The summed E-state index contributed by atoms with van der Waals surface area (Å²) in [6.45, 7) is 3.63. The number of hydrogen-bond donors (Lipinski definition) is 2. The van der Waals surface area contributed by atoms with Crippen LogP contribution in [0, 0.1) is 0 Å². The summed E-state index contributed by atoms with van der Waals surface area (Å²) in [6.07, 6.45) is -3.48. The predicted molar refractivity (Wildman–Crippen MR) is 125 cm³/mol. The standard InChI is InChI=1S/C20H25F3N4OS.HI/c21-20(22,23)16-5-3-15(4-6-16)18(27-9-11-28-12-10-27)14-26-19(24)25-8-7-17-2-1-13-29-17;/h1-6,13,18H,7-12,14H2,(H3,24,25,26);1H. The van der Waals surface area contributed by atoms with Gasteiger partial charge < -0.3 is 15.8 Å². The number of rotatable bonds is 7. The molecule has 0 bridgehead atoms. The Morgan fingerprint density at radius 3 is 2.50 bits per heavy atom. The number of halogens is 4. The van der Waals surface area contributed by atoms with Gasteiger partial charge in [0.15, 0.2) is 5.96 Å². The molecule has 1 saturated heterocycles. The Kier molecular flexibility index (Phi) is 9.85. The van der Waals surface area contributed by atoms with Crippen LogP contribution in [0.25, 0.3) is 0 Å². The van der Waals surface area contributed by atoms with E-state index < -0.39 is 11.7 Å². The van der Waals surface area contributed by atoms with Crippen LogP contribution in [0.15, 0.2) is 46.8 Å². The van der Waals surface area contributed by atoms with E-state index in [1.54, 1.807) is 11.3 Å². The van der Waals surface area contributed by atoms with Gasteiger partial charge in [0.2, 0.25) is 0 Å². The summed E-state index contributed by atoms with van der Waals surface area (Å²) in [5.74, 6) is 0.340. The first kappa shape index (κ1) is 24.9. The third kappa shape index (κ3) is 7.40. The van der Waals surface area contributed by atoms with Gasteiger partial charge in [0.1, 0.15) is 0 Å². The minimum absolute atomic E-state index is 0. The second-order valence-corrected chi connectivity index (χ2v) is 7.80. The smallest absolute Gasteiger partial charge is 0.379 e. The van der Waals surface area contributed by atoms with Gasteiger partial charge in [-0.3, -0.25) is 9.89 Å². The zero-order valence-corrected chi connectivity index (χ0v) is 19.5. The van der Waals surface area contributed by atoms with Crippen LogP contribution in [0.5, 0.6) is 0 Å². The molecule has 5 nitrogen and oxygen atoms in total. The number of aliphatic imine (C=N–C) groups is 1. The van der Waals surface area contributed by atoms with Crippen molar-refractivity contribution in [3.8, 4) is 0 Å². The lowest BCUT2D eigenvalue weighted by atomic mass is 10.0. The molecule has 0 spiro atoms. The second-order valence-electron chi connectivity index (χ2n) is 6.77. The molecule has 2 heterocycles. The van der Waals surface area contributed by atoms with Gasteiger partial charge in [-0.25, -0.2) is 0 Å². The van der Waals surface area contributed by atoms with Gasteiger partial charge in [-0.05, 0) is 35.6 Å². The number of nitrogens with one attached hydrogen (secondary N) is 1. The first-order valence-corrected chi connectivity index (χ1v) is 10.4. The molecule has 0 aliphatic carbocycles. The first-order valence-electron chi connectivity index (χ1n) is 9.48. The van der Waals surface area contributed by atoms with Crippen LogP contribution in [-0.4, -0.2) is 50.3 Å². The third-order valence-corrected chi connectivity index (χ3v) is 5.74. The summed E-state index contributed by atoms with van der Waals surface area (Å²) in [5, 5.41) is 5.13. The van der Waals surface area contributed by atoms with Crippen molar-refractivity contribution in [2.75, 3.05) is 39.4 Å². The number of ether oxygens (including phenoxy) is 1. The van der Waals surface area contributed by atoms with Crippen molar-refractivity contribution in [1.82, 2.24) is 10.2 Å². The zero-order valence-electron chi connectivity index (χ0n) is 16.4. The van der Waals surface area contributed by atoms with E-state index in [1.807, 2.05) is 11.4 Å². The number of benzene rings is 1. The highest BCUT2D eigenvalue weighted by Crippen LogP contribution is 2.31. The maximum Gasteiger partial charge on any atom is 0.416 e. The molecule has 3 N–H and O–H groups in total. The quantitative estimate of drug-likeness (QED) is 0.310. The van der Waals surface area contributed by atoms with Crippen LogP contribution in [-0.2, 0) is 17.3 Å². The molecule has 1 atom stereocenters. The third-order valence-electron chi connectivity index (χ3n) is 4.80. The lowest BCUT2D eigenvalue weighted by molar-refractivity contribution is -0.137. The number of alkyl halides is 3. The lowest BCUT2D eigenvalue weighted by Crippen LogP contribution is -2.41. The van der Waals surface area contributed by atoms with Crippen molar-refractivity contribution in [3.63, 3.8) is 0 Å². The van der Waals surface area contributed by atoms with E-state index in [2.05, 4.69) is 21.3 Å². The molecule has 1 aromatic heterocycles. The van der Waals surface area contributed by atoms with Gasteiger partial charge in [0, 0.05) is 24.5 Å². The van der Waals surface area contributed by atoms with Crippen LogP contribution in [0.3, 0.4) is 0 Å². The molecule has 1 aliphatic rings. The molecule has 3 rings (SSSR count). The van der Waals surface area contributed by atoms with Crippen molar-refractivity contribution in [3.05, 3.63) is 57.8 Å². The highest BCUT2D eigenvalue weighted by atomic mass is 127. The summed E-state index contributed by atoms with van der Waals surface area (Å²) in [4.78, 5) is 7.89. The van der Waals surface area contributed by atoms with E-state index >= 15 is 0 Å². The largest absolute Gasteiger partial charge is 0.416 e. The molecular weight excluding hydrogens is 528 g/mol. The second kappa shape index (κ2) is 11.9. The number of nitrogens with zero attached hydrogens (tertiary/aromatic N) is 2. The maximum absolute atomic E-state index is 12.9. The highest BCUT2D eigenvalue weighted by Gasteiger charge is 2.31. The highest BCUT2D eigenvalue weighted by molar-refractivity contribution is 14.0. The molecule has 1 unspecified atom stereocenters. The molecule has 0 radical (unpaired) electrons. The summed E-state index contributed by atoms with van der Waals surface area (Å²) >= 11 is 1.69. The fraction of sp³-hybridized carbons (Fsp3) is 0.450. The molecule has 1 fully saturated rings. The van der Waals surface area contributed by atoms with Crippen LogP contribution < -0.4 is 11.1 Å². The van der Waals surface area contributed by atoms with E-state index in [0.29, 0.717) is 45.4 Å². The topological polar surface area (TPSA) is 62.9 Å². The van der Waals surface area contributed by atoms with Gasteiger partial charge >= 0.3 is 6.18 Å². The van der Waals surface area contributed by atoms with Crippen molar-refractivity contribution >= 4 is 41.3 Å². The van der Waals surface area contributed by atoms with Crippen LogP contribution >= 0.6 is 35.3 Å². The molecule has 1 aliphatic heterocycles. The van der Waals surface area contributed by atoms with Crippen LogP contribution in [0.2, 0.25) is 0 Å². The SMILES string of the molecule is I.NC(=NCC(c1ccc(C(F)(F)F)cc1)N1CCOCC1)NCCc1cccs1. The van der Waals surface area contributed by atoms with Crippen molar-refractivity contribution in [2.45, 2.75) is 18.6 Å². The average molecular weight is 554 g/mol. The fourth-order valence-electron chi connectivity index (χ4n) is 3.22. The molecule has 0 saturated carbocycles. The summed E-state index contributed by atoms with van der Waals surface area (Å²) < 4.78 is 44.0. The van der Waals surface area contributed by atoms with E-state index in [1.165, 1.54) is 17.0 Å². The number of morpholine rings is 1. The molecule has 0 amide bonds. The minimum Gasteiger partial charge on any atom is -0.379 e. The van der Waals surface area contributed by atoms with Crippen molar-refractivity contribution < 1.29 is 17.9 Å². The lowest BCUT2D eigenvalue weighted by Gasteiger charge is -2.34. The van der Waals surface area contributed by atoms with E-state index in [9.17, 15) is 13.2 Å². The molecule has 30 heavy (non-hydrogen) atoms. The van der Waals surface area contributed by atoms with Crippen molar-refractivity contribution in [1.29, 1.82) is 0 Å². The van der Waals surface area contributed by atoms with Gasteiger partial charge in [0.25, 0.3) is 0 Å². The first-order chi connectivity index (χ1) is 13.9. The van der Waals surface area contributed by atoms with Crippen LogP contribution in [0.1, 0.15) is 22.0 Å². The summed E-state index contributed by atoms with van der Waals surface area (Å²) in [5.41, 5.74) is 6.14. The molecule has 2 aromatic rings. The Labute approximate surface area is 195 Å². The van der Waals surface area contributed by atoms with Gasteiger partial charge in [-0.1, -0.05) is 18.2 Å². The maximum atomic E-state index is 12.9. The summed E-state index contributed by atoms with van der Waals surface area (Å²) in [7, 11) is 0. The Balaban J connectivity index is 0.00000320. The van der Waals surface area contributed by atoms with Gasteiger partial charge in [-0.15, -0.1) is 35.3 Å². The Morgan fingerprint density at radius 1 is 1.20 bits per heavy atom. The van der Waals surface area contributed by atoms with Gasteiger partial charge in [-0.2, -0.15) is 13.2 Å². The molecule has 166 valence electrons. The number of thiophene rings is 1. The summed E-state index contributed by atoms with van der Waals surface area (Å²) in [6, 6.07) is 9.22. The number of hydrogen-bond acceptors (Lipinski definition) is 4.